The highest BCUT2D eigenvalue weighted by Gasteiger charge is 2.18. The number of rotatable bonds is 5. The molecule has 174 valence electrons. The Hall–Kier alpha value is -4.36. The molecule has 6 rings (SSSR count). The third-order valence-corrected chi connectivity index (χ3v) is 7.03. The van der Waals surface area contributed by atoms with Crippen LogP contribution in [0, 0.1) is 6.92 Å². The number of nitrogens with zero attached hydrogens (tertiary/aromatic N) is 1. The van der Waals surface area contributed by atoms with Crippen molar-refractivity contribution in [1.82, 2.24) is 0 Å². The fourth-order valence-corrected chi connectivity index (χ4v) is 5.08. The number of aryl methyl sites for hydroxylation is 1. The van der Waals surface area contributed by atoms with Gasteiger partial charge in [0.05, 0.1) is 0 Å². The molecule has 0 atom stereocenters. The summed E-state index contributed by atoms with van der Waals surface area (Å²) in [5, 5.41) is 0. The van der Waals surface area contributed by atoms with Gasteiger partial charge in [0.15, 0.2) is 0 Å². The minimum Gasteiger partial charge on any atom is -0.310 e. The van der Waals surface area contributed by atoms with E-state index in [0.717, 1.165) is 12.8 Å². The number of allylic oxidation sites excluding steroid dienone is 1. The molecule has 0 unspecified atom stereocenters. The molecule has 0 aromatic heterocycles. The van der Waals surface area contributed by atoms with Crippen LogP contribution < -0.4 is 4.90 Å². The van der Waals surface area contributed by atoms with Gasteiger partial charge in [0.2, 0.25) is 0 Å². The van der Waals surface area contributed by atoms with Crippen LogP contribution in [0.5, 0.6) is 0 Å². The van der Waals surface area contributed by atoms with Gasteiger partial charge in [-0.25, -0.2) is 0 Å². The number of para-hydroxylation sites is 1. The van der Waals surface area contributed by atoms with E-state index in [1.807, 2.05) is 0 Å². The van der Waals surface area contributed by atoms with Crippen LogP contribution in [0.25, 0.3) is 28.3 Å². The van der Waals surface area contributed by atoms with E-state index in [4.69, 9.17) is 0 Å². The lowest BCUT2D eigenvalue weighted by Crippen LogP contribution is -2.13. The van der Waals surface area contributed by atoms with Crippen LogP contribution in [0.15, 0.2) is 127 Å². The van der Waals surface area contributed by atoms with Crippen molar-refractivity contribution in [3.63, 3.8) is 0 Å². The Morgan fingerprint density at radius 1 is 0.528 bits per heavy atom. The highest BCUT2D eigenvalue weighted by Crippen LogP contribution is 2.40. The normalized spacial score (nSPS) is 12.2. The highest BCUT2D eigenvalue weighted by atomic mass is 15.1. The smallest absolute Gasteiger partial charge is 0.0499 e. The summed E-state index contributed by atoms with van der Waals surface area (Å²) in [6.07, 6.45) is 6.69. The van der Waals surface area contributed by atoms with E-state index in [-0.39, 0.29) is 0 Å². The number of hydrogen-bond acceptors (Lipinski definition) is 1. The van der Waals surface area contributed by atoms with Crippen LogP contribution in [0.1, 0.15) is 23.1 Å². The molecular weight excluding hydrogens is 434 g/mol. The van der Waals surface area contributed by atoms with Crippen molar-refractivity contribution in [2.75, 3.05) is 4.90 Å². The van der Waals surface area contributed by atoms with Gasteiger partial charge >= 0.3 is 0 Å². The Morgan fingerprint density at radius 2 is 1.08 bits per heavy atom. The maximum atomic E-state index is 2.39. The number of fused-ring (bicyclic) bond motifs is 1. The first-order valence-electron chi connectivity index (χ1n) is 12.7. The average Bonchev–Trinajstić information content (AvgIpc) is 2.95. The monoisotopic (exact) mass is 463 g/mol. The molecule has 36 heavy (non-hydrogen) atoms. The van der Waals surface area contributed by atoms with Gasteiger partial charge in [-0.2, -0.15) is 0 Å². The van der Waals surface area contributed by atoms with Crippen molar-refractivity contribution in [2.24, 2.45) is 0 Å². The minimum atomic E-state index is 1.07. The Labute approximate surface area is 214 Å². The average molecular weight is 464 g/mol. The first-order chi connectivity index (χ1) is 17.8. The lowest BCUT2D eigenvalue weighted by Gasteiger charge is -2.29. The van der Waals surface area contributed by atoms with Crippen LogP contribution in [0.4, 0.5) is 17.1 Å². The third kappa shape index (κ3) is 4.36. The molecular formula is C35H29N. The van der Waals surface area contributed by atoms with Gasteiger partial charge in [0, 0.05) is 17.1 Å². The van der Waals surface area contributed by atoms with Gasteiger partial charge in [0.1, 0.15) is 0 Å². The van der Waals surface area contributed by atoms with Crippen molar-refractivity contribution < 1.29 is 0 Å². The molecule has 1 heteroatoms. The summed E-state index contributed by atoms with van der Waals surface area (Å²) in [5.41, 5.74) is 12.6. The van der Waals surface area contributed by atoms with Gasteiger partial charge in [-0.15, -0.1) is 0 Å². The summed E-state index contributed by atoms with van der Waals surface area (Å²) in [5.74, 6) is 0. The summed E-state index contributed by atoms with van der Waals surface area (Å²) >= 11 is 0. The fraction of sp³-hybridized carbons (Fsp3) is 0.0857. The van der Waals surface area contributed by atoms with Gasteiger partial charge in [0.25, 0.3) is 0 Å². The Morgan fingerprint density at radius 3 is 1.72 bits per heavy atom. The Kier molecular flexibility index (Phi) is 5.97. The second-order valence-corrected chi connectivity index (χ2v) is 9.45. The van der Waals surface area contributed by atoms with E-state index >= 15 is 0 Å². The van der Waals surface area contributed by atoms with Crippen molar-refractivity contribution in [2.45, 2.75) is 19.8 Å². The summed E-state index contributed by atoms with van der Waals surface area (Å²) in [4.78, 5) is 2.39. The van der Waals surface area contributed by atoms with E-state index in [0.29, 0.717) is 0 Å². The zero-order chi connectivity index (χ0) is 24.3. The molecule has 0 saturated heterocycles. The zero-order valence-corrected chi connectivity index (χ0v) is 20.6. The van der Waals surface area contributed by atoms with Crippen LogP contribution in [-0.4, -0.2) is 0 Å². The lowest BCUT2D eigenvalue weighted by atomic mass is 9.94. The van der Waals surface area contributed by atoms with Gasteiger partial charge < -0.3 is 4.90 Å². The van der Waals surface area contributed by atoms with Gasteiger partial charge in [-0.3, -0.25) is 0 Å². The maximum Gasteiger partial charge on any atom is 0.0499 e. The Balaban J connectivity index is 1.35. The standard InChI is InChI=1S/C35H29N/c1-26-14-16-27(17-15-26)28-18-20-29(21-19-28)30-22-24-33(25-23-30)36(32-10-3-2-4-11-32)35-13-7-9-31-8-5-6-12-34(31)35/h2-5,7-11,13-25H,6,12H2,1H3. The summed E-state index contributed by atoms with van der Waals surface area (Å²) < 4.78 is 0. The molecule has 0 bridgehead atoms. The van der Waals surface area contributed by atoms with Crippen LogP contribution in [-0.2, 0) is 6.42 Å². The highest BCUT2D eigenvalue weighted by molar-refractivity contribution is 5.82. The van der Waals surface area contributed by atoms with Crippen molar-refractivity contribution in [1.29, 1.82) is 0 Å². The second kappa shape index (κ2) is 9.71. The molecule has 5 aromatic rings. The topological polar surface area (TPSA) is 3.24 Å². The second-order valence-electron chi connectivity index (χ2n) is 9.45. The predicted octanol–water partition coefficient (Wildman–Crippen LogP) is 9.76. The zero-order valence-electron chi connectivity index (χ0n) is 20.6. The predicted molar refractivity (Wildman–Crippen MR) is 154 cm³/mol. The largest absolute Gasteiger partial charge is 0.310 e. The molecule has 0 N–H and O–H groups in total. The van der Waals surface area contributed by atoms with Gasteiger partial charge in [-0.05, 0) is 83.5 Å². The summed E-state index contributed by atoms with van der Waals surface area (Å²) in [6.45, 7) is 2.12. The molecule has 0 saturated carbocycles. The molecule has 0 heterocycles. The number of benzene rings is 5. The molecule has 1 aliphatic rings. The Bertz CT molecular complexity index is 1490. The summed E-state index contributed by atoms with van der Waals surface area (Å²) in [7, 11) is 0. The van der Waals surface area contributed by atoms with Crippen LogP contribution in [0.3, 0.4) is 0 Å². The van der Waals surface area contributed by atoms with Crippen LogP contribution in [0.2, 0.25) is 0 Å². The molecule has 0 fully saturated rings. The molecule has 1 aliphatic carbocycles. The van der Waals surface area contributed by atoms with E-state index in [1.54, 1.807) is 0 Å². The van der Waals surface area contributed by atoms with Gasteiger partial charge in [-0.1, -0.05) is 109 Å². The fourth-order valence-electron chi connectivity index (χ4n) is 5.08. The van der Waals surface area contributed by atoms with Crippen molar-refractivity contribution >= 4 is 23.1 Å². The molecule has 0 amide bonds. The van der Waals surface area contributed by atoms with Crippen molar-refractivity contribution in [3.8, 4) is 22.3 Å². The maximum absolute atomic E-state index is 2.39. The minimum absolute atomic E-state index is 1.07. The number of hydrogen-bond donors (Lipinski definition) is 0. The summed E-state index contributed by atoms with van der Waals surface area (Å²) in [6, 6.07) is 43.9. The quantitative estimate of drug-likeness (QED) is 0.251. The SMILES string of the molecule is Cc1ccc(-c2ccc(-c3ccc(N(c4ccccc4)c4cccc5c4CCC=C5)cc3)cc2)cc1. The van der Waals surface area contributed by atoms with E-state index in [2.05, 4.69) is 145 Å². The van der Waals surface area contributed by atoms with Crippen molar-refractivity contribution in [3.05, 3.63) is 144 Å². The molecule has 0 spiro atoms. The molecule has 0 radical (unpaired) electrons. The third-order valence-electron chi connectivity index (χ3n) is 7.03. The molecule has 5 aromatic carbocycles. The number of anilines is 3. The van der Waals surface area contributed by atoms with E-state index < -0.39 is 0 Å². The lowest BCUT2D eigenvalue weighted by molar-refractivity contribution is 0.979. The van der Waals surface area contributed by atoms with E-state index in [9.17, 15) is 0 Å². The van der Waals surface area contributed by atoms with Crippen LogP contribution >= 0.6 is 0 Å². The van der Waals surface area contributed by atoms with E-state index in [1.165, 1.54) is 56.0 Å². The molecule has 1 nitrogen and oxygen atoms in total. The first-order valence-corrected chi connectivity index (χ1v) is 12.7. The molecule has 0 aliphatic heterocycles. The first kappa shape index (κ1) is 22.1.